The highest BCUT2D eigenvalue weighted by Gasteiger charge is 2.30. The Labute approximate surface area is 138 Å². The van der Waals surface area contributed by atoms with E-state index in [0.29, 0.717) is 6.54 Å². The van der Waals surface area contributed by atoms with Gasteiger partial charge in [-0.25, -0.2) is 0 Å². The molecule has 0 saturated carbocycles. The van der Waals surface area contributed by atoms with Gasteiger partial charge in [-0.05, 0) is 58.2 Å². The van der Waals surface area contributed by atoms with E-state index in [-0.39, 0.29) is 23.8 Å². The van der Waals surface area contributed by atoms with Gasteiger partial charge >= 0.3 is 0 Å². The van der Waals surface area contributed by atoms with Crippen LogP contribution in [-0.2, 0) is 9.59 Å². The van der Waals surface area contributed by atoms with E-state index in [1.165, 1.54) is 5.56 Å². The van der Waals surface area contributed by atoms with Crippen molar-refractivity contribution in [2.45, 2.75) is 46.6 Å². The standard InChI is InChI=1S/C18H27N3O2/c1-11-8-12(2)16(13(3)9-11)20-18(23)14(4)21-7-5-6-15(10-21)17(19)22/h8-9,14-15H,5-7,10H2,1-4H3,(H2,19,22)(H,20,23)/t14-,15-/m0/s1. The Hall–Kier alpha value is -1.88. The number of primary amides is 1. The zero-order valence-electron chi connectivity index (χ0n) is 14.5. The minimum atomic E-state index is -0.280. The number of hydrogen-bond donors (Lipinski definition) is 2. The molecule has 5 heteroatoms. The SMILES string of the molecule is Cc1cc(C)c(NC(=O)[C@H](C)N2CCC[C@H](C(N)=O)C2)c(C)c1. The lowest BCUT2D eigenvalue weighted by Crippen LogP contribution is -2.49. The van der Waals surface area contributed by atoms with Crippen LogP contribution >= 0.6 is 0 Å². The van der Waals surface area contributed by atoms with Crippen LogP contribution in [0.15, 0.2) is 12.1 Å². The maximum atomic E-state index is 12.6. The van der Waals surface area contributed by atoms with Crippen LogP contribution in [0, 0.1) is 26.7 Å². The second-order valence-corrected chi connectivity index (χ2v) is 6.68. The lowest BCUT2D eigenvalue weighted by atomic mass is 9.96. The molecule has 2 atom stereocenters. The molecule has 0 bridgehead atoms. The Morgan fingerprint density at radius 1 is 1.26 bits per heavy atom. The summed E-state index contributed by atoms with van der Waals surface area (Å²) in [6.45, 7) is 9.33. The predicted molar refractivity (Wildman–Crippen MR) is 92.2 cm³/mol. The Kier molecular flexibility index (Phi) is 5.42. The Bertz CT molecular complexity index is 589. The van der Waals surface area contributed by atoms with Crippen molar-refractivity contribution in [2.75, 3.05) is 18.4 Å². The molecule has 1 fully saturated rings. The van der Waals surface area contributed by atoms with Gasteiger partial charge in [-0.15, -0.1) is 0 Å². The Morgan fingerprint density at radius 3 is 2.43 bits per heavy atom. The van der Waals surface area contributed by atoms with Crippen LogP contribution in [-0.4, -0.2) is 35.8 Å². The van der Waals surface area contributed by atoms with E-state index in [4.69, 9.17) is 5.73 Å². The van der Waals surface area contributed by atoms with Gasteiger partial charge in [0.05, 0.1) is 12.0 Å². The number of aryl methyl sites for hydroxylation is 3. The van der Waals surface area contributed by atoms with Crippen molar-refractivity contribution in [1.29, 1.82) is 0 Å². The highest BCUT2D eigenvalue weighted by atomic mass is 16.2. The Morgan fingerprint density at radius 2 is 1.87 bits per heavy atom. The van der Waals surface area contributed by atoms with Gasteiger partial charge in [-0.2, -0.15) is 0 Å². The lowest BCUT2D eigenvalue weighted by molar-refractivity contribution is -0.127. The maximum absolute atomic E-state index is 12.6. The molecule has 2 amide bonds. The molecule has 5 nitrogen and oxygen atoms in total. The van der Waals surface area contributed by atoms with Gasteiger partial charge in [0.1, 0.15) is 0 Å². The summed E-state index contributed by atoms with van der Waals surface area (Å²) >= 11 is 0. The topological polar surface area (TPSA) is 75.4 Å². The third-order valence-corrected chi connectivity index (χ3v) is 4.71. The van der Waals surface area contributed by atoms with Gasteiger partial charge in [-0.1, -0.05) is 17.7 Å². The van der Waals surface area contributed by atoms with Crippen molar-refractivity contribution in [3.63, 3.8) is 0 Å². The van der Waals surface area contributed by atoms with E-state index in [0.717, 1.165) is 36.2 Å². The summed E-state index contributed by atoms with van der Waals surface area (Å²) in [4.78, 5) is 26.1. The number of nitrogens with zero attached hydrogens (tertiary/aromatic N) is 1. The fraction of sp³-hybridized carbons (Fsp3) is 0.556. The second kappa shape index (κ2) is 7.13. The monoisotopic (exact) mass is 317 g/mol. The average Bonchev–Trinajstić information content (AvgIpc) is 2.50. The molecule has 126 valence electrons. The van der Waals surface area contributed by atoms with Crippen molar-refractivity contribution >= 4 is 17.5 Å². The zero-order valence-corrected chi connectivity index (χ0v) is 14.5. The number of nitrogens with one attached hydrogen (secondary N) is 1. The van der Waals surface area contributed by atoms with E-state index >= 15 is 0 Å². The highest BCUT2D eigenvalue weighted by Crippen LogP contribution is 2.23. The summed E-state index contributed by atoms with van der Waals surface area (Å²) in [6.07, 6.45) is 1.71. The number of rotatable bonds is 4. The van der Waals surface area contributed by atoms with Gasteiger partial charge < -0.3 is 11.1 Å². The third kappa shape index (κ3) is 4.10. The molecule has 0 aliphatic carbocycles. The van der Waals surface area contributed by atoms with Crippen molar-refractivity contribution < 1.29 is 9.59 Å². The minimum Gasteiger partial charge on any atom is -0.369 e. The Balaban J connectivity index is 2.07. The van der Waals surface area contributed by atoms with Gasteiger partial charge in [0, 0.05) is 12.2 Å². The molecule has 1 aromatic carbocycles. The van der Waals surface area contributed by atoms with E-state index in [1.54, 1.807) is 0 Å². The summed E-state index contributed by atoms with van der Waals surface area (Å²) in [6, 6.07) is 3.85. The summed E-state index contributed by atoms with van der Waals surface area (Å²) < 4.78 is 0. The van der Waals surface area contributed by atoms with E-state index in [1.807, 2.05) is 32.6 Å². The van der Waals surface area contributed by atoms with Crippen LogP contribution in [0.25, 0.3) is 0 Å². The highest BCUT2D eigenvalue weighted by molar-refractivity contribution is 5.96. The fourth-order valence-corrected chi connectivity index (χ4v) is 3.36. The van der Waals surface area contributed by atoms with Crippen molar-refractivity contribution in [3.05, 3.63) is 28.8 Å². The average molecular weight is 317 g/mol. The molecule has 2 rings (SSSR count). The predicted octanol–water partition coefficient (Wildman–Crippen LogP) is 2.14. The van der Waals surface area contributed by atoms with E-state index in [9.17, 15) is 9.59 Å². The van der Waals surface area contributed by atoms with Crippen LogP contribution in [0.1, 0.15) is 36.5 Å². The summed E-state index contributed by atoms with van der Waals surface area (Å²) in [5.74, 6) is -0.459. The number of amides is 2. The molecule has 1 saturated heterocycles. The van der Waals surface area contributed by atoms with Crippen LogP contribution < -0.4 is 11.1 Å². The normalized spacial score (nSPS) is 20.1. The third-order valence-electron chi connectivity index (χ3n) is 4.71. The summed E-state index contributed by atoms with van der Waals surface area (Å²) in [5, 5.41) is 3.05. The molecule has 0 spiro atoms. The number of carbonyl (C=O) groups excluding carboxylic acids is 2. The largest absolute Gasteiger partial charge is 0.369 e. The molecule has 1 aromatic rings. The number of carbonyl (C=O) groups is 2. The number of likely N-dealkylation sites (tertiary alicyclic amines) is 1. The zero-order chi connectivity index (χ0) is 17.1. The number of hydrogen-bond acceptors (Lipinski definition) is 3. The van der Waals surface area contributed by atoms with Crippen molar-refractivity contribution in [3.8, 4) is 0 Å². The summed E-state index contributed by atoms with van der Waals surface area (Å²) in [7, 11) is 0. The molecular formula is C18H27N3O2. The molecule has 0 unspecified atom stereocenters. The van der Waals surface area contributed by atoms with Gasteiger partial charge in [0.15, 0.2) is 0 Å². The quantitative estimate of drug-likeness (QED) is 0.893. The lowest BCUT2D eigenvalue weighted by Gasteiger charge is -2.35. The van der Waals surface area contributed by atoms with Crippen LogP contribution in [0.2, 0.25) is 0 Å². The number of nitrogens with two attached hydrogens (primary N) is 1. The number of anilines is 1. The molecular weight excluding hydrogens is 290 g/mol. The van der Waals surface area contributed by atoms with Crippen molar-refractivity contribution in [1.82, 2.24) is 4.90 Å². The maximum Gasteiger partial charge on any atom is 0.241 e. The summed E-state index contributed by atoms with van der Waals surface area (Å²) in [5.41, 5.74) is 9.62. The van der Waals surface area contributed by atoms with Crippen molar-refractivity contribution in [2.24, 2.45) is 11.7 Å². The van der Waals surface area contributed by atoms with Gasteiger partial charge in [-0.3, -0.25) is 14.5 Å². The fourth-order valence-electron chi connectivity index (χ4n) is 3.36. The second-order valence-electron chi connectivity index (χ2n) is 6.68. The van der Waals surface area contributed by atoms with E-state index < -0.39 is 0 Å². The smallest absolute Gasteiger partial charge is 0.241 e. The number of benzene rings is 1. The van der Waals surface area contributed by atoms with Crippen LogP contribution in [0.3, 0.4) is 0 Å². The first-order valence-electron chi connectivity index (χ1n) is 8.21. The molecule has 3 N–H and O–H groups in total. The first kappa shape index (κ1) is 17.5. The molecule has 0 radical (unpaired) electrons. The van der Waals surface area contributed by atoms with Gasteiger partial charge in [0.2, 0.25) is 11.8 Å². The molecule has 23 heavy (non-hydrogen) atoms. The first-order valence-corrected chi connectivity index (χ1v) is 8.21. The molecule has 1 aliphatic rings. The minimum absolute atomic E-state index is 0.0369. The molecule has 0 aromatic heterocycles. The van der Waals surface area contributed by atoms with Gasteiger partial charge in [0.25, 0.3) is 0 Å². The van der Waals surface area contributed by atoms with E-state index in [2.05, 4.69) is 17.4 Å². The molecule has 1 aliphatic heterocycles. The molecule has 1 heterocycles. The first-order chi connectivity index (χ1) is 10.8. The number of piperidine rings is 1. The van der Waals surface area contributed by atoms with Crippen LogP contribution in [0.5, 0.6) is 0 Å². The van der Waals surface area contributed by atoms with Crippen LogP contribution in [0.4, 0.5) is 5.69 Å².